The largest absolute Gasteiger partial charge is 0.495 e. The van der Waals surface area contributed by atoms with Gasteiger partial charge in [-0.15, -0.1) is 0 Å². The molecule has 8 heteroatoms. The molecule has 0 radical (unpaired) electrons. The molecule has 1 fully saturated rings. The topological polar surface area (TPSA) is 74.9 Å². The fourth-order valence-electron chi connectivity index (χ4n) is 3.99. The minimum absolute atomic E-state index is 0.0701. The van der Waals surface area contributed by atoms with Crippen LogP contribution in [0.2, 0.25) is 0 Å². The molecule has 0 aliphatic carbocycles. The van der Waals surface area contributed by atoms with E-state index in [-0.39, 0.29) is 5.91 Å². The number of halogens is 1. The first-order valence-electron chi connectivity index (χ1n) is 10.9. The van der Waals surface area contributed by atoms with E-state index < -0.39 is 0 Å². The van der Waals surface area contributed by atoms with Crippen molar-refractivity contribution in [3.05, 3.63) is 76.0 Å². The van der Waals surface area contributed by atoms with Crippen LogP contribution in [0.15, 0.2) is 66.9 Å². The molecule has 0 bridgehead atoms. The molecule has 33 heavy (non-hydrogen) atoms. The summed E-state index contributed by atoms with van der Waals surface area (Å²) in [5.74, 6) is 1.48. The number of aromatic nitrogens is 1. The number of methoxy groups -OCH3 is 1. The molecule has 1 aliphatic rings. The van der Waals surface area contributed by atoms with Crippen LogP contribution >= 0.6 is 22.6 Å². The molecule has 2 N–H and O–H groups in total. The van der Waals surface area contributed by atoms with Crippen LogP contribution in [0.1, 0.15) is 10.4 Å². The summed E-state index contributed by atoms with van der Waals surface area (Å²) in [4.78, 5) is 24.3. The summed E-state index contributed by atoms with van der Waals surface area (Å²) in [6, 6.07) is 19.2. The maximum atomic E-state index is 13.4. The van der Waals surface area contributed by atoms with E-state index in [4.69, 9.17) is 10.5 Å². The van der Waals surface area contributed by atoms with Gasteiger partial charge in [0.05, 0.1) is 12.8 Å². The van der Waals surface area contributed by atoms with E-state index in [9.17, 15) is 4.79 Å². The Hall–Kier alpha value is -2.85. The van der Waals surface area contributed by atoms with Crippen LogP contribution in [0.5, 0.6) is 5.75 Å². The van der Waals surface area contributed by atoms with Gasteiger partial charge in [-0.1, -0.05) is 18.2 Å². The van der Waals surface area contributed by atoms with Crippen molar-refractivity contribution in [3.8, 4) is 5.75 Å². The predicted octanol–water partition coefficient (Wildman–Crippen LogP) is 3.75. The third-order valence-electron chi connectivity index (χ3n) is 5.86. The van der Waals surface area contributed by atoms with E-state index in [0.29, 0.717) is 23.6 Å². The lowest BCUT2D eigenvalue weighted by atomic mass is 10.1. The Bertz CT molecular complexity index is 1090. The number of ether oxygens (including phenoxy) is 1. The number of rotatable bonds is 7. The van der Waals surface area contributed by atoms with Crippen LogP contribution in [-0.2, 0) is 0 Å². The van der Waals surface area contributed by atoms with Crippen molar-refractivity contribution in [2.75, 3.05) is 61.9 Å². The molecule has 1 amide bonds. The zero-order valence-electron chi connectivity index (χ0n) is 18.7. The highest BCUT2D eigenvalue weighted by atomic mass is 127. The van der Waals surface area contributed by atoms with Gasteiger partial charge in [0.2, 0.25) is 0 Å². The van der Waals surface area contributed by atoms with Crippen LogP contribution in [0.3, 0.4) is 0 Å². The third-order valence-corrected chi connectivity index (χ3v) is 6.79. The van der Waals surface area contributed by atoms with Crippen molar-refractivity contribution in [3.63, 3.8) is 0 Å². The smallest absolute Gasteiger partial charge is 0.259 e. The monoisotopic (exact) mass is 557 g/mol. The number of nitrogens with two attached hydrogens (primary N) is 1. The van der Waals surface area contributed by atoms with E-state index in [1.807, 2.05) is 42.5 Å². The number of para-hydroxylation sites is 2. The number of nitrogen functional groups attached to an aromatic ring is 1. The molecule has 7 nitrogen and oxygen atoms in total. The minimum atomic E-state index is -0.0701. The van der Waals surface area contributed by atoms with Crippen molar-refractivity contribution in [2.24, 2.45) is 0 Å². The van der Waals surface area contributed by atoms with Crippen molar-refractivity contribution in [1.29, 1.82) is 0 Å². The predicted molar refractivity (Wildman–Crippen MR) is 141 cm³/mol. The summed E-state index contributed by atoms with van der Waals surface area (Å²) in [7, 11) is 1.71. The number of pyridine rings is 1. The Morgan fingerprint density at radius 3 is 2.55 bits per heavy atom. The van der Waals surface area contributed by atoms with Crippen LogP contribution in [-0.4, -0.2) is 62.2 Å². The number of piperazine rings is 1. The number of benzene rings is 2. The van der Waals surface area contributed by atoms with Gasteiger partial charge >= 0.3 is 0 Å². The molecule has 2 heterocycles. The lowest BCUT2D eigenvalue weighted by Gasteiger charge is -2.37. The summed E-state index contributed by atoms with van der Waals surface area (Å²) in [5, 5.41) is 0. The van der Waals surface area contributed by atoms with Crippen LogP contribution in [0.25, 0.3) is 0 Å². The van der Waals surface area contributed by atoms with Gasteiger partial charge in [-0.25, -0.2) is 4.98 Å². The van der Waals surface area contributed by atoms with E-state index in [1.54, 1.807) is 30.3 Å². The number of amides is 1. The molecule has 172 valence electrons. The van der Waals surface area contributed by atoms with Gasteiger partial charge in [-0.3, -0.25) is 14.6 Å². The molecule has 0 atom stereocenters. The fourth-order valence-corrected chi connectivity index (χ4v) is 4.51. The molecule has 0 saturated carbocycles. The van der Waals surface area contributed by atoms with Crippen molar-refractivity contribution in [1.82, 2.24) is 9.88 Å². The van der Waals surface area contributed by atoms with Crippen molar-refractivity contribution >= 4 is 45.7 Å². The first-order valence-corrected chi connectivity index (χ1v) is 12.0. The van der Waals surface area contributed by atoms with Crippen LogP contribution in [0, 0.1) is 3.57 Å². The van der Waals surface area contributed by atoms with Crippen LogP contribution in [0.4, 0.5) is 17.2 Å². The average Bonchev–Trinajstić information content (AvgIpc) is 2.86. The SMILES string of the molecule is COc1ccccc1N1CCN(CCN(C(=O)c2ccc(N)c(I)c2)c2ccccn2)CC1. The molecular weight excluding hydrogens is 529 g/mol. The van der Waals surface area contributed by atoms with Gasteiger partial charge in [0.25, 0.3) is 5.91 Å². The van der Waals surface area contributed by atoms with Gasteiger partial charge in [-0.2, -0.15) is 0 Å². The molecule has 0 spiro atoms. The Kier molecular flexibility index (Phi) is 7.66. The maximum Gasteiger partial charge on any atom is 0.259 e. The Balaban J connectivity index is 1.42. The lowest BCUT2D eigenvalue weighted by molar-refractivity contribution is 0.0982. The van der Waals surface area contributed by atoms with Crippen LogP contribution < -0.4 is 20.3 Å². The molecular formula is C25H28IN5O2. The maximum absolute atomic E-state index is 13.4. The average molecular weight is 557 g/mol. The van der Waals surface area contributed by atoms with Gasteiger partial charge in [0.15, 0.2) is 0 Å². The molecule has 1 aliphatic heterocycles. The van der Waals surface area contributed by atoms with E-state index >= 15 is 0 Å². The summed E-state index contributed by atoms with van der Waals surface area (Å²) >= 11 is 2.16. The molecule has 3 aromatic rings. The number of carbonyl (C=O) groups is 1. The minimum Gasteiger partial charge on any atom is -0.495 e. The zero-order chi connectivity index (χ0) is 23.2. The number of anilines is 3. The first-order chi connectivity index (χ1) is 16.1. The first kappa shape index (κ1) is 23.3. The van der Waals surface area contributed by atoms with Gasteiger partial charge < -0.3 is 15.4 Å². The number of hydrogen-bond donors (Lipinski definition) is 1. The molecule has 0 unspecified atom stereocenters. The summed E-state index contributed by atoms with van der Waals surface area (Å²) in [6.45, 7) is 4.99. The second-order valence-corrected chi connectivity index (χ2v) is 9.04. The second-order valence-electron chi connectivity index (χ2n) is 7.88. The molecule has 4 rings (SSSR count). The fraction of sp³-hybridized carbons (Fsp3) is 0.280. The number of carbonyl (C=O) groups excluding carboxylic acids is 1. The normalized spacial score (nSPS) is 14.2. The number of nitrogens with zero attached hydrogens (tertiary/aromatic N) is 4. The highest BCUT2D eigenvalue weighted by Crippen LogP contribution is 2.28. The van der Waals surface area contributed by atoms with E-state index in [2.05, 4.69) is 43.4 Å². The quantitative estimate of drug-likeness (QED) is 0.353. The van der Waals surface area contributed by atoms with E-state index in [1.165, 1.54) is 0 Å². The van der Waals surface area contributed by atoms with E-state index in [0.717, 1.165) is 47.7 Å². The highest BCUT2D eigenvalue weighted by molar-refractivity contribution is 14.1. The standard InChI is InChI=1S/C25H28IN5O2/c1-33-23-7-3-2-6-22(23)30-15-12-29(13-16-30)14-17-31(24-8-4-5-11-28-24)25(32)19-9-10-21(27)20(26)18-19/h2-11,18H,12-17,27H2,1H3. The Morgan fingerprint density at radius 1 is 1.09 bits per heavy atom. The second kappa shape index (κ2) is 10.8. The third kappa shape index (κ3) is 5.56. The summed E-state index contributed by atoms with van der Waals surface area (Å²) < 4.78 is 6.39. The van der Waals surface area contributed by atoms with Gasteiger partial charge in [0.1, 0.15) is 11.6 Å². The molecule has 1 aromatic heterocycles. The highest BCUT2D eigenvalue weighted by Gasteiger charge is 2.23. The van der Waals surface area contributed by atoms with Crippen molar-refractivity contribution in [2.45, 2.75) is 0 Å². The van der Waals surface area contributed by atoms with Gasteiger partial charge in [-0.05, 0) is 65.1 Å². The molecule has 2 aromatic carbocycles. The number of hydrogen-bond acceptors (Lipinski definition) is 6. The summed E-state index contributed by atoms with van der Waals surface area (Å²) in [5.41, 5.74) is 8.35. The Morgan fingerprint density at radius 2 is 1.85 bits per heavy atom. The molecule has 1 saturated heterocycles. The Labute approximate surface area is 208 Å². The van der Waals surface area contributed by atoms with Gasteiger partial charge in [0, 0.05) is 60.3 Å². The summed E-state index contributed by atoms with van der Waals surface area (Å²) in [6.07, 6.45) is 1.72. The zero-order valence-corrected chi connectivity index (χ0v) is 20.8. The lowest BCUT2D eigenvalue weighted by Crippen LogP contribution is -2.49. The van der Waals surface area contributed by atoms with Crippen molar-refractivity contribution < 1.29 is 9.53 Å².